The average Bonchev–Trinajstić information content (AvgIpc) is 2.45. The van der Waals surface area contributed by atoms with Crippen molar-refractivity contribution >= 4 is 16.2 Å². The molecule has 0 radical (unpaired) electrons. The zero-order valence-electron chi connectivity index (χ0n) is 12.0. The van der Waals surface area contributed by atoms with Crippen LogP contribution in [-0.2, 0) is 19.7 Å². The Labute approximate surface area is 120 Å². The topological polar surface area (TPSA) is 95.9 Å². The molecular weight excluding hydrogens is 284 g/mol. The molecule has 0 aromatic carbocycles. The highest BCUT2D eigenvalue weighted by atomic mass is 32.2. The molecule has 0 bridgehead atoms. The van der Waals surface area contributed by atoms with Gasteiger partial charge in [-0.2, -0.15) is 17.4 Å². The Kier molecular flexibility index (Phi) is 6.87. The molecule has 0 spiro atoms. The van der Waals surface area contributed by atoms with Crippen LogP contribution < -0.4 is 4.72 Å². The highest BCUT2D eigenvalue weighted by Gasteiger charge is 2.33. The molecule has 1 unspecified atom stereocenters. The van der Waals surface area contributed by atoms with Gasteiger partial charge in [-0.3, -0.25) is 4.79 Å². The van der Waals surface area contributed by atoms with Crippen molar-refractivity contribution in [3.05, 3.63) is 0 Å². The van der Waals surface area contributed by atoms with E-state index in [2.05, 4.69) is 4.72 Å². The van der Waals surface area contributed by atoms with Crippen LogP contribution in [-0.4, -0.2) is 56.1 Å². The van der Waals surface area contributed by atoms with Gasteiger partial charge in [0, 0.05) is 19.1 Å². The molecule has 0 amide bonds. The Hall–Kier alpha value is -0.700. The Morgan fingerprint density at radius 2 is 2.20 bits per heavy atom. The van der Waals surface area contributed by atoms with E-state index in [4.69, 9.17) is 9.84 Å². The molecule has 1 rings (SSSR count). The van der Waals surface area contributed by atoms with E-state index in [-0.39, 0.29) is 19.1 Å². The summed E-state index contributed by atoms with van der Waals surface area (Å²) in [6, 6.07) is -0.497. The Morgan fingerprint density at radius 3 is 2.75 bits per heavy atom. The first-order chi connectivity index (χ1) is 9.44. The molecule has 0 aromatic heterocycles. The van der Waals surface area contributed by atoms with Gasteiger partial charge in [-0.05, 0) is 26.2 Å². The van der Waals surface area contributed by atoms with E-state index in [1.165, 1.54) is 4.31 Å². The van der Waals surface area contributed by atoms with Gasteiger partial charge in [0.2, 0.25) is 0 Å². The third-order valence-corrected chi connectivity index (χ3v) is 5.02. The lowest BCUT2D eigenvalue weighted by Crippen LogP contribution is -2.50. The van der Waals surface area contributed by atoms with Crippen LogP contribution in [0, 0.1) is 5.92 Å². The number of rotatable bonds is 7. The zero-order chi connectivity index (χ0) is 15.2. The summed E-state index contributed by atoms with van der Waals surface area (Å²) in [6.07, 6.45) is 1.77. The van der Waals surface area contributed by atoms with E-state index < -0.39 is 22.2 Å². The fourth-order valence-corrected chi connectivity index (χ4v) is 3.71. The molecule has 0 aromatic rings. The molecule has 1 fully saturated rings. The third kappa shape index (κ3) is 4.69. The first-order valence-corrected chi connectivity index (χ1v) is 8.43. The van der Waals surface area contributed by atoms with Crippen molar-refractivity contribution in [3.8, 4) is 0 Å². The molecule has 0 saturated carbocycles. The summed E-state index contributed by atoms with van der Waals surface area (Å²) in [6.45, 7) is 4.08. The summed E-state index contributed by atoms with van der Waals surface area (Å²) in [7, 11) is -3.67. The summed E-state index contributed by atoms with van der Waals surface area (Å²) in [5, 5.41) is 9.08. The largest absolute Gasteiger partial charge is 0.466 e. The van der Waals surface area contributed by atoms with Crippen LogP contribution in [0.2, 0.25) is 0 Å². The Morgan fingerprint density at radius 1 is 1.50 bits per heavy atom. The average molecular weight is 308 g/mol. The number of esters is 1. The fraction of sp³-hybridized carbons (Fsp3) is 0.917. The summed E-state index contributed by atoms with van der Waals surface area (Å²) in [5.74, 6) is -0.754. The van der Waals surface area contributed by atoms with Gasteiger partial charge in [-0.1, -0.05) is 6.92 Å². The van der Waals surface area contributed by atoms with Crippen LogP contribution in [0.4, 0.5) is 0 Å². The van der Waals surface area contributed by atoms with Gasteiger partial charge < -0.3 is 9.84 Å². The van der Waals surface area contributed by atoms with E-state index in [9.17, 15) is 13.2 Å². The number of piperidine rings is 1. The molecule has 118 valence electrons. The van der Waals surface area contributed by atoms with E-state index in [1.54, 1.807) is 13.8 Å². The molecule has 0 aliphatic carbocycles. The lowest BCUT2D eigenvalue weighted by atomic mass is 10.0. The van der Waals surface area contributed by atoms with Gasteiger partial charge in [0.25, 0.3) is 10.2 Å². The molecule has 1 aliphatic rings. The van der Waals surface area contributed by atoms with Crippen LogP contribution in [0.25, 0.3) is 0 Å². The van der Waals surface area contributed by atoms with Crippen molar-refractivity contribution in [1.29, 1.82) is 0 Å². The normalized spacial score (nSPS) is 22.4. The molecule has 1 aliphatic heterocycles. The van der Waals surface area contributed by atoms with Crippen molar-refractivity contribution in [2.24, 2.45) is 5.92 Å². The van der Waals surface area contributed by atoms with Crippen molar-refractivity contribution in [2.45, 2.75) is 39.2 Å². The maximum Gasteiger partial charge on any atom is 0.310 e. The fourth-order valence-electron chi connectivity index (χ4n) is 2.15. The van der Waals surface area contributed by atoms with E-state index in [0.29, 0.717) is 32.4 Å². The summed E-state index contributed by atoms with van der Waals surface area (Å²) < 4.78 is 33.0. The van der Waals surface area contributed by atoms with Crippen molar-refractivity contribution in [3.63, 3.8) is 0 Å². The minimum Gasteiger partial charge on any atom is -0.466 e. The van der Waals surface area contributed by atoms with E-state index in [1.807, 2.05) is 0 Å². The summed E-state index contributed by atoms with van der Waals surface area (Å²) in [4.78, 5) is 11.7. The van der Waals surface area contributed by atoms with Crippen LogP contribution in [0.5, 0.6) is 0 Å². The van der Waals surface area contributed by atoms with Gasteiger partial charge in [-0.25, -0.2) is 0 Å². The van der Waals surface area contributed by atoms with Gasteiger partial charge in [-0.15, -0.1) is 0 Å². The number of aliphatic hydroxyl groups is 1. The van der Waals surface area contributed by atoms with E-state index in [0.717, 1.165) is 0 Å². The smallest absolute Gasteiger partial charge is 0.310 e. The predicted octanol–water partition coefficient (Wildman–Crippen LogP) is -0.133. The maximum atomic E-state index is 12.2. The number of hydrogen-bond acceptors (Lipinski definition) is 5. The Bertz CT molecular complexity index is 408. The minimum atomic E-state index is -3.67. The second-order valence-electron chi connectivity index (χ2n) is 4.86. The van der Waals surface area contributed by atoms with Gasteiger partial charge in [0.15, 0.2) is 0 Å². The molecule has 2 atom stereocenters. The standard InChI is InChI=1S/C12H24N2O5S/c1-3-11(9-15)13-20(17,18)14-7-5-6-10(8-14)12(16)19-4-2/h10-11,13,15H,3-9H2,1-2H3/t10?,11-/m1/s1. The van der Waals surface area contributed by atoms with Gasteiger partial charge in [0.1, 0.15) is 0 Å². The summed E-state index contributed by atoms with van der Waals surface area (Å²) in [5.41, 5.74) is 0. The number of aliphatic hydroxyl groups excluding tert-OH is 1. The second kappa shape index (κ2) is 7.92. The molecular formula is C12H24N2O5S. The van der Waals surface area contributed by atoms with Gasteiger partial charge >= 0.3 is 5.97 Å². The van der Waals surface area contributed by atoms with E-state index >= 15 is 0 Å². The molecule has 7 nitrogen and oxygen atoms in total. The SMILES string of the molecule is CCOC(=O)C1CCCN(S(=O)(=O)N[C@H](CC)CO)C1. The minimum absolute atomic E-state index is 0.135. The van der Waals surface area contributed by atoms with Crippen molar-refractivity contribution in [1.82, 2.24) is 9.03 Å². The lowest BCUT2D eigenvalue weighted by Gasteiger charge is -2.31. The van der Waals surface area contributed by atoms with Crippen molar-refractivity contribution < 1.29 is 23.1 Å². The van der Waals surface area contributed by atoms with Crippen LogP contribution in [0.15, 0.2) is 0 Å². The highest BCUT2D eigenvalue weighted by molar-refractivity contribution is 7.87. The second-order valence-corrected chi connectivity index (χ2v) is 6.56. The molecule has 20 heavy (non-hydrogen) atoms. The third-order valence-electron chi connectivity index (χ3n) is 3.37. The molecule has 1 heterocycles. The molecule has 1 saturated heterocycles. The number of nitrogens with zero attached hydrogens (tertiary/aromatic N) is 1. The van der Waals surface area contributed by atoms with Crippen molar-refractivity contribution in [2.75, 3.05) is 26.3 Å². The van der Waals surface area contributed by atoms with Crippen LogP contribution in [0.1, 0.15) is 33.1 Å². The quantitative estimate of drug-likeness (QED) is 0.639. The number of hydrogen-bond donors (Lipinski definition) is 2. The lowest BCUT2D eigenvalue weighted by molar-refractivity contribution is -0.149. The Balaban J connectivity index is 2.68. The number of carbonyl (C=O) groups is 1. The van der Waals surface area contributed by atoms with Gasteiger partial charge in [0.05, 0.1) is 19.1 Å². The first-order valence-electron chi connectivity index (χ1n) is 6.99. The van der Waals surface area contributed by atoms with Crippen LogP contribution >= 0.6 is 0 Å². The highest BCUT2D eigenvalue weighted by Crippen LogP contribution is 2.20. The molecule has 2 N–H and O–H groups in total. The maximum absolute atomic E-state index is 12.2. The summed E-state index contributed by atoms with van der Waals surface area (Å²) >= 11 is 0. The molecule has 8 heteroatoms. The predicted molar refractivity (Wildman–Crippen MR) is 74.2 cm³/mol. The van der Waals surface area contributed by atoms with Crippen LogP contribution in [0.3, 0.4) is 0 Å². The zero-order valence-corrected chi connectivity index (χ0v) is 12.9. The first kappa shape index (κ1) is 17.4. The number of carbonyl (C=O) groups excluding carboxylic acids is 1. The number of ether oxygens (including phenoxy) is 1. The monoisotopic (exact) mass is 308 g/mol. The number of nitrogens with one attached hydrogen (secondary N) is 1.